The second kappa shape index (κ2) is 5.10. The van der Waals surface area contributed by atoms with E-state index in [9.17, 15) is 9.59 Å². The molecular weight excluding hydrogens is 240 g/mol. The van der Waals surface area contributed by atoms with E-state index in [1.165, 1.54) is 22.9 Å². The first-order chi connectivity index (χ1) is 8.99. The van der Waals surface area contributed by atoms with E-state index in [0.717, 1.165) is 16.8 Å². The van der Waals surface area contributed by atoms with E-state index in [4.69, 9.17) is 0 Å². The number of rotatable bonds is 2. The van der Waals surface area contributed by atoms with Crippen LogP contribution < -0.4 is 10.9 Å². The molecule has 2 aromatic rings. The molecule has 1 amide bonds. The predicted octanol–water partition coefficient (Wildman–Crippen LogP) is 2.25. The number of para-hydroxylation sites is 1. The molecule has 4 nitrogen and oxygen atoms in total. The lowest BCUT2D eigenvalue weighted by atomic mass is 10.1. The third-order valence-electron chi connectivity index (χ3n) is 3.07. The summed E-state index contributed by atoms with van der Waals surface area (Å²) >= 11 is 0. The number of hydrogen-bond acceptors (Lipinski definition) is 2. The van der Waals surface area contributed by atoms with Crippen LogP contribution in [0.15, 0.2) is 41.3 Å². The molecule has 1 aromatic carbocycles. The maximum atomic E-state index is 12.2. The minimum Gasteiger partial charge on any atom is -0.321 e. The summed E-state index contributed by atoms with van der Waals surface area (Å²) in [6.45, 7) is 3.90. The fourth-order valence-electron chi connectivity index (χ4n) is 1.93. The molecule has 0 unspecified atom stereocenters. The van der Waals surface area contributed by atoms with E-state index in [1.54, 1.807) is 7.05 Å². The highest BCUT2D eigenvalue weighted by atomic mass is 16.2. The number of nitrogens with zero attached hydrogens (tertiary/aromatic N) is 1. The maximum absolute atomic E-state index is 12.2. The van der Waals surface area contributed by atoms with Gasteiger partial charge in [-0.3, -0.25) is 9.59 Å². The number of aromatic nitrogens is 1. The van der Waals surface area contributed by atoms with Crippen LogP contribution in [-0.2, 0) is 7.05 Å². The Labute approximate surface area is 111 Å². The molecule has 19 heavy (non-hydrogen) atoms. The van der Waals surface area contributed by atoms with Gasteiger partial charge in [-0.1, -0.05) is 18.2 Å². The number of anilines is 1. The number of hydrogen-bond donors (Lipinski definition) is 1. The molecular formula is C15H16N2O2. The maximum Gasteiger partial charge on any atom is 0.257 e. The molecule has 0 bridgehead atoms. The summed E-state index contributed by atoms with van der Waals surface area (Å²) in [6.07, 6.45) is 1.53. The zero-order valence-corrected chi connectivity index (χ0v) is 11.2. The van der Waals surface area contributed by atoms with Crippen molar-refractivity contribution in [2.24, 2.45) is 7.05 Å². The first kappa shape index (κ1) is 13.1. The van der Waals surface area contributed by atoms with Gasteiger partial charge in [0.15, 0.2) is 0 Å². The SMILES string of the molecule is Cc1cccc(C)c1NC(=O)c1ccc(=O)n(C)c1. The normalized spacial score (nSPS) is 10.3. The van der Waals surface area contributed by atoms with E-state index < -0.39 is 0 Å². The quantitative estimate of drug-likeness (QED) is 0.896. The number of amides is 1. The number of carbonyl (C=O) groups is 1. The molecule has 0 atom stereocenters. The topological polar surface area (TPSA) is 51.1 Å². The molecule has 0 spiro atoms. The summed E-state index contributed by atoms with van der Waals surface area (Å²) in [5, 5.41) is 2.89. The fraction of sp³-hybridized carbons (Fsp3) is 0.200. The standard InChI is InChI=1S/C15H16N2O2/c1-10-5-4-6-11(2)14(10)16-15(19)12-7-8-13(18)17(3)9-12/h4-9H,1-3H3,(H,16,19). The van der Waals surface area contributed by atoms with Gasteiger partial charge >= 0.3 is 0 Å². The van der Waals surface area contributed by atoms with Gasteiger partial charge in [0.05, 0.1) is 5.56 Å². The number of pyridine rings is 1. The van der Waals surface area contributed by atoms with Gasteiger partial charge in [-0.05, 0) is 31.0 Å². The molecule has 1 N–H and O–H groups in total. The van der Waals surface area contributed by atoms with Crippen molar-refractivity contribution in [3.05, 3.63) is 63.6 Å². The van der Waals surface area contributed by atoms with E-state index in [0.29, 0.717) is 5.56 Å². The zero-order valence-electron chi connectivity index (χ0n) is 11.2. The number of carbonyl (C=O) groups excluding carboxylic acids is 1. The Bertz CT molecular complexity index is 667. The van der Waals surface area contributed by atoms with Crippen molar-refractivity contribution in [2.45, 2.75) is 13.8 Å². The molecule has 1 heterocycles. The van der Waals surface area contributed by atoms with Crippen LogP contribution >= 0.6 is 0 Å². The second-order valence-electron chi connectivity index (χ2n) is 4.59. The first-order valence-corrected chi connectivity index (χ1v) is 6.03. The Morgan fingerprint density at radius 2 is 1.74 bits per heavy atom. The summed E-state index contributed by atoms with van der Waals surface area (Å²) in [6, 6.07) is 8.77. The van der Waals surface area contributed by atoms with E-state index in [2.05, 4.69) is 5.32 Å². The van der Waals surface area contributed by atoms with Crippen LogP contribution in [0.2, 0.25) is 0 Å². The monoisotopic (exact) mass is 256 g/mol. The Morgan fingerprint density at radius 1 is 1.11 bits per heavy atom. The van der Waals surface area contributed by atoms with Crippen LogP contribution in [0.1, 0.15) is 21.5 Å². The average molecular weight is 256 g/mol. The van der Waals surface area contributed by atoms with Gasteiger partial charge in [-0.15, -0.1) is 0 Å². The Balaban J connectivity index is 2.31. The molecule has 0 aliphatic carbocycles. The van der Waals surface area contributed by atoms with E-state index in [-0.39, 0.29) is 11.5 Å². The molecule has 1 aromatic heterocycles. The highest BCUT2D eigenvalue weighted by Gasteiger charge is 2.10. The van der Waals surface area contributed by atoms with Crippen LogP contribution in [0.3, 0.4) is 0 Å². The summed E-state index contributed by atoms with van der Waals surface area (Å²) in [4.78, 5) is 23.4. The van der Waals surface area contributed by atoms with Gasteiger partial charge in [-0.25, -0.2) is 0 Å². The van der Waals surface area contributed by atoms with Gasteiger partial charge in [0.25, 0.3) is 5.91 Å². The van der Waals surface area contributed by atoms with Gasteiger partial charge in [-0.2, -0.15) is 0 Å². The number of nitrogens with one attached hydrogen (secondary N) is 1. The molecule has 98 valence electrons. The summed E-state index contributed by atoms with van der Waals surface area (Å²) < 4.78 is 1.39. The van der Waals surface area contributed by atoms with Crippen molar-refractivity contribution in [1.29, 1.82) is 0 Å². The Kier molecular flexibility index (Phi) is 3.51. The third-order valence-corrected chi connectivity index (χ3v) is 3.07. The van der Waals surface area contributed by atoms with Gasteiger partial charge in [0.2, 0.25) is 5.56 Å². The molecule has 2 rings (SSSR count). The second-order valence-corrected chi connectivity index (χ2v) is 4.59. The van der Waals surface area contributed by atoms with Crippen molar-refractivity contribution in [1.82, 2.24) is 4.57 Å². The largest absolute Gasteiger partial charge is 0.321 e. The van der Waals surface area contributed by atoms with Crippen molar-refractivity contribution >= 4 is 11.6 Å². The molecule has 0 saturated carbocycles. The molecule has 0 radical (unpaired) electrons. The highest BCUT2D eigenvalue weighted by molar-refractivity contribution is 6.04. The lowest BCUT2D eigenvalue weighted by molar-refractivity contribution is 0.102. The third kappa shape index (κ3) is 2.73. The van der Waals surface area contributed by atoms with Crippen molar-refractivity contribution in [2.75, 3.05) is 5.32 Å². The minimum absolute atomic E-state index is 0.136. The van der Waals surface area contributed by atoms with Crippen LogP contribution in [0, 0.1) is 13.8 Å². The highest BCUT2D eigenvalue weighted by Crippen LogP contribution is 2.20. The Hall–Kier alpha value is -2.36. The molecule has 0 aliphatic heterocycles. The van der Waals surface area contributed by atoms with Gasteiger partial charge in [0.1, 0.15) is 0 Å². The zero-order chi connectivity index (χ0) is 14.0. The first-order valence-electron chi connectivity index (χ1n) is 6.03. The van der Waals surface area contributed by atoms with E-state index >= 15 is 0 Å². The molecule has 4 heteroatoms. The van der Waals surface area contributed by atoms with Crippen LogP contribution in [0.5, 0.6) is 0 Å². The summed E-state index contributed by atoms with van der Waals surface area (Å²) in [5.41, 5.74) is 3.17. The predicted molar refractivity (Wildman–Crippen MR) is 75.6 cm³/mol. The minimum atomic E-state index is -0.215. The lowest BCUT2D eigenvalue weighted by Gasteiger charge is -2.11. The Morgan fingerprint density at radius 3 is 2.32 bits per heavy atom. The molecule has 0 saturated heterocycles. The van der Waals surface area contributed by atoms with Gasteiger partial charge in [0, 0.05) is 25.0 Å². The summed E-state index contributed by atoms with van der Waals surface area (Å²) in [7, 11) is 1.62. The van der Waals surface area contributed by atoms with Crippen molar-refractivity contribution < 1.29 is 4.79 Å². The number of benzene rings is 1. The van der Waals surface area contributed by atoms with Crippen LogP contribution in [0.4, 0.5) is 5.69 Å². The molecule has 0 aliphatic rings. The lowest BCUT2D eigenvalue weighted by Crippen LogP contribution is -2.20. The van der Waals surface area contributed by atoms with Crippen molar-refractivity contribution in [3.63, 3.8) is 0 Å². The summed E-state index contributed by atoms with van der Waals surface area (Å²) in [5.74, 6) is -0.215. The van der Waals surface area contributed by atoms with Crippen LogP contribution in [0.25, 0.3) is 0 Å². The molecule has 0 fully saturated rings. The van der Waals surface area contributed by atoms with Gasteiger partial charge < -0.3 is 9.88 Å². The van der Waals surface area contributed by atoms with Crippen LogP contribution in [-0.4, -0.2) is 10.5 Å². The number of aryl methyl sites for hydroxylation is 3. The average Bonchev–Trinajstić information content (AvgIpc) is 2.37. The fourth-order valence-corrected chi connectivity index (χ4v) is 1.93. The van der Waals surface area contributed by atoms with Crippen molar-refractivity contribution in [3.8, 4) is 0 Å². The smallest absolute Gasteiger partial charge is 0.257 e. The van der Waals surface area contributed by atoms with E-state index in [1.807, 2.05) is 32.0 Å².